The molecule has 0 aliphatic rings. The zero-order valence-electron chi connectivity index (χ0n) is 13.1. The fourth-order valence-electron chi connectivity index (χ4n) is 2.50. The lowest BCUT2D eigenvalue weighted by atomic mass is 9.97. The Labute approximate surface area is 128 Å². The zero-order valence-corrected chi connectivity index (χ0v) is 13.1. The maximum Gasteiger partial charge on any atom is 0.0431 e. The molecule has 1 heterocycles. The predicted molar refractivity (Wildman–Crippen MR) is 90.5 cm³/mol. The third-order valence-corrected chi connectivity index (χ3v) is 3.98. The molecule has 21 heavy (non-hydrogen) atoms. The molecule has 0 saturated carbocycles. The quantitative estimate of drug-likeness (QED) is 0.591. The van der Waals surface area contributed by atoms with Gasteiger partial charge in [-0.05, 0) is 48.8 Å². The summed E-state index contributed by atoms with van der Waals surface area (Å²) >= 11 is 0. The molecule has 2 unspecified atom stereocenters. The maximum absolute atomic E-state index is 4.42. The van der Waals surface area contributed by atoms with Gasteiger partial charge in [0.2, 0.25) is 0 Å². The van der Waals surface area contributed by atoms with E-state index in [0.717, 1.165) is 19.3 Å². The first-order valence-electron chi connectivity index (χ1n) is 7.88. The van der Waals surface area contributed by atoms with Crippen molar-refractivity contribution in [2.45, 2.75) is 44.9 Å². The minimum absolute atomic E-state index is 0.530. The highest BCUT2D eigenvalue weighted by Crippen LogP contribution is 2.20. The van der Waals surface area contributed by atoms with Crippen molar-refractivity contribution in [3.63, 3.8) is 0 Å². The van der Waals surface area contributed by atoms with Crippen molar-refractivity contribution in [1.82, 2.24) is 4.98 Å². The monoisotopic (exact) mass is 279 g/mol. The molecule has 0 bridgehead atoms. The lowest BCUT2D eigenvalue weighted by molar-refractivity contribution is 0.668. The topological polar surface area (TPSA) is 12.9 Å². The molecule has 0 aliphatic carbocycles. The molecule has 2 aromatic rings. The number of allylic oxidation sites excluding steroid dienone is 2. The zero-order chi connectivity index (χ0) is 14.9. The van der Waals surface area contributed by atoms with Gasteiger partial charge in [-0.25, -0.2) is 0 Å². The lowest BCUT2D eigenvalue weighted by Crippen LogP contribution is -1.95. The molecule has 0 radical (unpaired) electrons. The van der Waals surface area contributed by atoms with Crippen LogP contribution in [-0.2, 0) is 0 Å². The molecular weight excluding hydrogens is 254 g/mol. The third-order valence-electron chi connectivity index (χ3n) is 3.98. The molecule has 2 rings (SSSR count). The van der Waals surface area contributed by atoms with Gasteiger partial charge in [0.25, 0.3) is 0 Å². The summed E-state index contributed by atoms with van der Waals surface area (Å²) in [5.74, 6) is 1.12. The maximum atomic E-state index is 4.42. The molecule has 0 N–H and O–H groups in total. The molecule has 2 atom stereocenters. The number of rotatable bonds is 7. The Balaban J connectivity index is 1.71. The van der Waals surface area contributed by atoms with Crippen molar-refractivity contribution in [1.29, 1.82) is 0 Å². The number of hydrogen-bond acceptors (Lipinski definition) is 1. The SMILES string of the molecule is CC(C/C=C/CCC(C)c1ccccn1)c1ccccc1. The van der Waals surface area contributed by atoms with E-state index in [1.54, 1.807) is 0 Å². The van der Waals surface area contributed by atoms with Crippen LogP contribution in [0.2, 0.25) is 0 Å². The van der Waals surface area contributed by atoms with Crippen LogP contribution in [0, 0.1) is 0 Å². The van der Waals surface area contributed by atoms with Gasteiger partial charge in [0.1, 0.15) is 0 Å². The van der Waals surface area contributed by atoms with Crippen LogP contribution in [0.25, 0.3) is 0 Å². The Morgan fingerprint density at radius 2 is 1.67 bits per heavy atom. The molecular formula is C20H25N. The Kier molecular flexibility index (Phi) is 6.21. The lowest BCUT2D eigenvalue weighted by Gasteiger charge is -2.10. The van der Waals surface area contributed by atoms with Gasteiger partial charge in [0.05, 0.1) is 0 Å². The minimum Gasteiger partial charge on any atom is -0.261 e. The summed E-state index contributed by atoms with van der Waals surface area (Å²) < 4.78 is 0. The van der Waals surface area contributed by atoms with E-state index in [2.05, 4.69) is 73.4 Å². The van der Waals surface area contributed by atoms with Crippen LogP contribution in [0.5, 0.6) is 0 Å². The first-order chi connectivity index (χ1) is 10.3. The van der Waals surface area contributed by atoms with E-state index in [0.29, 0.717) is 11.8 Å². The summed E-state index contributed by atoms with van der Waals surface area (Å²) in [4.78, 5) is 4.42. The summed E-state index contributed by atoms with van der Waals surface area (Å²) in [6.45, 7) is 4.54. The normalized spacial score (nSPS) is 14.2. The molecule has 0 spiro atoms. The van der Waals surface area contributed by atoms with Gasteiger partial charge < -0.3 is 0 Å². The molecule has 1 nitrogen and oxygen atoms in total. The second kappa shape index (κ2) is 8.41. The van der Waals surface area contributed by atoms with Crippen molar-refractivity contribution in [3.8, 4) is 0 Å². The summed E-state index contributed by atoms with van der Waals surface area (Å²) in [5, 5.41) is 0. The summed E-state index contributed by atoms with van der Waals surface area (Å²) in [5.41, 5.74) is 2.62. The van der Waals surface area contributed by atoms with E-state index in [9.17, 15) is 0 Å². The minimum atomic E-state index is 0.530. The highest BCUT2D eigenvalue weighted by atomic mass is 14.7. The number of hydrogen-bond donors (Lipinski definition) is 0. The van der Waals surface area contributed by atoms with E-state index < -0.39 is 0 Å². The van der Waals surface area contributed by atoms with E-state index in [1.807, 2.05) is 12.3 Å². The number of nitrogens with zero attached hydrogens (tertiary/aromatic N) is 1. The third kappa shape index (κ3) is 5.18. The fraction of sp³-hybridized carbons (Fsp3) is 0.350. The highest BCUT2D eigenvalue weighted by molar-refractivity contribution is 5.19. The van der Waals surface area contributed by atoms with Crippen LogP contribution in [0.4, 0.5) is 0 Å². The molecule has 110 valence electrons. The molecule has 0 fully saturated rings. The Hall–Kier alpha value is -1.89. The van der Waals surface area contributed by atoms with Crippen LogP contribution in [0.15, 0.2) is 66.9 Å². The average molecular weight is 279 g/mol. The second-order valence-electron chi connectivity index (χ2n) is 5.75. The van der Waals surface area contributed by atoms with Gasteiger partial charge in [-0.2, -0.15) is 0 Å². The number of benzene rings is 1. The highest BCUT2D eigenvalue weighted by Gasteiger charge is 2.05. The molecule has 0 amide bonds. The number of pyridine rings is 1. The number of aromatic nitrogens is 1. The van der Waals surface area contributed by atoms with E-state index in [4.69, 9.17) is 0 Å². The van der Waals surface area contributed by atoms with Crippen LogP contribution in [0.3, 0.4) is 0 Å². The van der Waals surface area contributed by atoms with Gasteiger partial charge in [-0.3, -0.25) is 4.98 Å². The summed E-state index contributed by atoms with van der Waals surface area (Å²) in [6.07, 6.45) is 9.92. The van der Waals surface area contributed by atoms with Crippen molar-refractivity contribution in [3.05, 3.63) is 78.1 Å². The van der Waals surface area contributed by atoms with Gasteiger partial charge >= 0.3 is 0 Å². The van der Waals surface area contributed by atoms with Crippen molar-refractivity contribution in [2.75, 3.05) is 0 Å². The van der Waals surface area contributed by atoms with Crippen LogP contribution in [0.1, 0.15) is 56.2 Å². The predicted octanol–water partition coefficient (Wildman–Crippen LogP) is 5.72. The van der Waals surface area contributed by atoms with Crippen LogP contribution < -0.4 is 0 Å². The Bertz CT molecular complexity index is 530. The van der Waals surface area contributed by atoms with Crippen LogP contribution >= 0.6 is 0 Å². The van der Waals surface area contributed by atoms with Gasteiger partial charge in [0, 0.05) is 11.9 Å². The Morgan fingerprint density at radius 3 is 2.38 bits per heavy atom. The van der Waals surface area contributed by atoms with Gasteiger partial charge in [-0.1, -0.05) is 62.4 Å². The molecule has 1 heteroatoms. The molecule has 0 saturated heterocycles. The molecule has 0 aliphatic heterocycles. The average Bonchev–Trinajstić information content (AvgIpc) is 2.55. The van der Waals surface area contributed by atoms with E-state index in [-0.39, 0.29) is 0 Å². The van der Waals surface area contributed by atoms with Gasteiger partial charge in [-0.15, -0.1) is 0 Å². The first kappa shape index (κ1) is 15.5. The summed E-state index contributed by atoms with van der Waals surface area (Å²) in [7, 11) is 0. The van der Waals surface area contributed by atoms with E-state index >= 15 is 0 Å². The smallest absolute Gasteiger partial charge is 0.0431 e. The van der Waals surface area contributed by atoms with Crippen molar-refractivity contribution in [2.24, 2.45) is 0 Å². The first-order valence-corrected chi connectivity index (χ1v) is 7.88. The summed E-state index contributed by atoms with van der Waals surface area (Å²) in [6, 6.07) is 16.9. The van der Waals surface area contributed by atoms with Gasteiger partial charge in [0.15, 0.2) is 0 Å². The van der Waals surface area contributed by atoms with Crippen LogP contribution in [-0.4, -0.2) is 4.98 Å². The van der Waals surface area contributed by atoms with E-state index in [1.165, 1.54) is 11.3 Å². The fourth-order valence-corrected chi connectivity index (χ4v) is 2.50. The van der Waals surface area contributed by atoms with Crippen molar-refractivity contribution < 1.29 is 0 Å². The van der Waals surface area contributed by atoms with Crippen molar-refractivity contribution >= 4 is 0 Å². The molecule has 1 aromatic carbocycles. The molecule has 1 aromatic heterocycles. The largest absolute Gasteiger partial charge is 0.261 e. The Morgan fingerprint density at radius 1 is 0.905 bits per heavy atom. The standard InChI is InChI=1S/C20H25N/c1-17(19-13-7-4-8-14-19)11-5-3-6-12-18(2)20-15-9-10-16-21-20/h3-5,7-10,13-18H,6,11-12H2,1-2H3/b5-3+. The second-order valence-corrected chi connectivity index (χ2v) is 5.75.